The number of nitrogens with two attached hydrogens (primary N) is 1. The number of rotatable bonds is 14. The van der Waals surface area contributed by atoms with Crippen molar-refractivity contribution >= 4 is 5.91 Å². The first-order valence-electron chi connectivity index (χ1n) is 18.7. The number of benzene rings is 3. The lowest BCUT2D eigenvalue weighted by Gasteiger charge is -2.68. The van der Waals surface area contributed by atoms with Crippen LogP contribution in [-0.2, 0) is 29.3 Å². The Balaban J connectivity index is 1.18. The second kappa shape index (κ2) is 15.2. The maximum Gasteiger partial charge on any atom is 0.240 e. The van der Waals surface area contributed by atoms with E-state index in [2.05, 4.69) is 136 Å². The van der Waals surface area contributed by atoms with Gasteiger partial charge in [0.25, 0.3) is 0 Å². The van der Waals surface area contributed by atoms with Crippen molar-refractivity contribution < 1.29 is 14.7 Å². The number of nitrogens with zero attached hydrogens (tertiary/aromatic N) is 3. The van der Waals surface area contributed by atoms with Gasteiger partial charge in [-0.1, -0.05) is 107 Å². The van der Waals surface area contributed by atoms with E-state index in [1.54, 1.807) is 0 Å². The summed E-state index contributed by atoms with van der Waals surface area (Å²) in [6.45, 7) is 12.8. The monoisotopic (exact) mass is 681 g/mol. The van der Waals surface area contributed by atoms with Gasteiger partial charge in [-0.2, -0.15) is 5.06 Å². The minimum Gasteiger partial charge on any atom is -0.394 e. The second-order valence-electron chi connectivity index (χ2n) is 16.1. The van der Waals surface area contributed by atoms with E-state index in [0.717, 1.165) is 51.0 Å². The molecule has 0 radical (unpaired) electrons. The number of hydrogen-bond acceptors (Lipinski definition) is 7. The molecule has 4 fully saturated rings. The van der Waals surface area contributed by atoms with Gasteiger partial charge in [0.1, 0.15) is 12.1 Å². The standard InChI is InChI=1S/C42H59N5O3/c1-7-34-38(28-48)50-47(39(34)40(49)44-37-24-42(43)23-36(29(37)2)41(42,3)4)26-31-15-13-14-30(22-31)25-46(21-20-45(5)6)27-33-18-11-12-19-35(33)32-16-9-8-10-17-32/h8-19,22,29,34,36-39,48H,7,20-21,23-28,43H2,1-6H3,(H,44,49)/t29-,34+,36-,37-,38-,39-,42-/m0/s1. The zero-order chi connectivity index (χ0) is 35.6. The summed E-state index contributed by atoms with van der Waals surface area (Å²) < 4.78 is 0. The van der Waals surface area contributed by atoms with E-state index in [1.807, 2.05) is 5.06 Å². The number of likely N-dealkylation sites (N-methyl/N-ethyl adjacent to an activating group) is 1. The van der Waals surface area contributed by atoms with Crippen LogP contribution in [0, 0.1) is 23.2 Å². The second-order valence-corrected chi connectivity index (χ2v) is 16.1. The minimum absolute atomic E-state index is 0.0181. The van der Waals surface area contributed by atoms with Crippen LogP contribution < -0.4 is 11.1 Å². The minimum atomic E-state index is -0.487. The predicted molar refractivity (Wildman–Crippen MR) is 201 cm³/mol. The van der Waals surface area contributed by atoms with E-state index in [1.165, 1.54) is 22.3 Å². The number of carbonyl (C=O) groups is 1. The normalized spacial score (nSPS) is 28.9. The van der Waals surface area contributed by atoms with Gasteiger partial charge in [-0.15, -0.1) is 0 Å². The summed E-state index contributed by atoms with van der Waals surface area (Å²) >= 11 is 0. The molecule has 7 atom stereocenters. The van der Waals surface area contributed by atoms with Crippen molar-refractivity contribution in [2.24, 2.45) is 28.9 Å². The highest BCUT2D eigenvalue weighted by atomic mass is 16.7. The van der Waals surface area contributed by atoms with Gasteiger partial charge in [0.05, 0.1) is 13.2 Å². The van der Waals surface area contributed by atoms with Gasteiger partial charge in [-0.05, 0) is 78.4 Å². The molecule has 4 aliphatic rings. The topological polar surface area (TPSA) is 94.3 Å². The Kier molecular flexibility index (Phi) is 11.2. The summed E-state index contributed by atoms with van der Waals surface area (Å²) in [6.07, 6.45) is 2.14. The third-order valence-corrected chi connectivity index (χ3v) is 12.5. The van der Waals surface area contributed by atoms with E-state index in [9.17, 15) is 9.90 Å². The first kappa shape index (κ1) is 36.7. The lowest BCUT2D eigenvalue weighted by Crippen LogP contribution is -2.75. The highest BCUT2D eigenvalue weighted by Crippen LogP contribution is 2.62. The molecule has 8 nitrogen and oxygen atoms in total. The quantitative estimate of drug-likeness (QED) is 0.201. The number of hydroxylamine groups is 2. The smallest absolute Gasteiger partial charge is 0.240 e. The van der Waals surface area contributed by atoms with Crippen LogP contribution in [0.5, 0.6) is 0 Å². The first-order valence-corrected chi connectivity index (χ1v) is 18.7. The van der Waals surface area contributed by atoms with Crippen LogP contribution in [0.4, 0.5) is 0 Å². The Hall–Kier alpha value is -3.11. The summed E-state index contributed by atoms with van der Waals surface area (Å²) in [5, 5.41) is 15.5. The Morgan fingerprint density at radius 2 is 1.70 bits per heavy atom. The first-order chi connectivity index (χ1) is 23.9. The Bertz CT molecular complexity index is 1600. The molecule has 3 aromatic rings. The number of aliphatic hydroxyl groups excluding tert-OH is 1. The van der Waals surface area contributed by atoms with Crippen molar-refractivity contribution in [3.8, 4) is 11.1 Å². The largest absolute Gasteiger partial charge is 0.394 e. The van der Waals surface area contributed by atoms with Gasteiger partial charge in [-0.3, -0.25) is 14.5 Å². The van der Waals surface area contributed by atoms with Crippen molar-refractivity contribution in [1.29, 1.82) is 0 Å². The summed E-state index contributed by atoms with van der Waals surface area (Å²) in [4.78, 5) is 25.3. The highest BCUT2D eigenvalue weighted by molar-refractivity contribution is 5.82. The average molecular weight is 682 g/mol. The fraction of sp³-hybridized carbons (Fsp3) is 0.548. The number of nitrogens with one attached hydrogen (secondary N) is 1. The zero-order valence-corrected chi connectivity index (χ0v) is 31.0. The van der Waals surface area contributed by atoms with Crippen LogP contribution in [0.1, 0.15) is 63.6 Å². The van der Waals surface area contributed by atoms with E-state index in [4.69, 9.17) is 10.6 Å². The number of carbonyl (C=O) groups excluding carboxylic acids is 1. The maximum absolute atomic E-state index is 14.2. The van der Waals surface area contributed by atoms with Gasteiger partial charge >= 0.3 is 0 Å². The molecule has 0 unspecified atom stereocenters. The molecule has 0 aromatic heterocycles. The molecule has 8 heteroatoms. The zero-order valence-electron chi connectivity index (χ0n) is 31.0. The number of aliphatic hydroxyl groups is 1. The van der Waals surface area contributed by atoms with Crippen LogP contribution in [0.15, 0.2) is 78.9 Å². The van der Waals surface area contributed by atoms with Crippen LogP contribution in [0.25, 0.3) is 11.1 Å². The molecule has 4 N–H and O–H groups in total. The summed E-state index contributed by atoms with van der Waals surface area (Å²) in [5.41, 5.74) is 12.8. The van der Waals surface area contributed by atoms with Crippen LogP contribution in [0.3, 0.4) is 0 Å². The lowest BCUT2D eigenvalue weighted by atomic mass is 9.41. The van der Waals surface area contributed by atoms with Gasteiger partial charge in [-0.25, -0.2) is 0 Å². The average Bonchev–Trinajstić information content (AvgIpc) is 3.46. The van der Waals surface area contributed by atoms with Gasteiger partial charge in [0.15, 0.2) is 0 Å². The Labute approximate surface area is 299 Å². The fourth-order valence-corrected chi connectivity index (χ4v) is 9.12. The number of fused-ring (bicyclic) bond motifs is 2. The Morgan fingerprint density at radius 1 is 0.980 bits per heavy atom. The molecule has 3 aliphatic carbocycles. The third-order valence-electron chi connectivity index (χ3n) is 12.5. The molecule has 3 saturated carbocycles. The summed E-state index contributed by atoms with van der Waals surface area (Å²) in [6, 6.07) is 27.5. The summed E-state index contributed by atoms with van der Waals surface area (Å²) in [7, 11) is 4.24. The predicted octanol–water partition coefficient (Wildman–Crippen LogP) is 5.69. The SMILES string of the molecule is CC[C@@H]1[C@H](CO)ON(Cc2cccc(CN(CCN(C)C)Cc3ccccc3-c3ccccc3)c2)[C@@H]1C(=O)N[C@H]1C[C@@]2(N)C[C@@H]([C@@H]1C)C2(C)C. The molecule has 1 heterocycles. The maximum atomic E-state index is 14.2. The Morgan fingerprint density at radius 3 is 2.40 bits per heavy atom. The molecule has 1 aliphatic heterocycles. The van der Waals surface area contributed by atoms with Crippen LogP contribution in [-0.4, -0.2) is 83.4 Å². The van der Waals surface area contributed by atoms with E-state index in [0.29, 0.717) is 18.4 Å². The number of amides is 1. The molecule has 1 saturated heterocycles. The van der Waals surface area contributed by atoms with Crippen LogP contribution in [0.2, 0.25) is 0 Å². The number of hydrogen-bond donors (Lipinski definition) is 3. The van der Waals surface area contributed by atoms with Gasteiger partial charge in [0, 0.05) is 43.7 Å². The van der Waals surface area contributed by atoms with Crippen molar-refractivity contribution in [3.05, 3.63) is 95.6 Å². The molecular formula is C42H59N5O3. The molecule has 1 amide bonds. The van der Waals surface area contributed by atoms with Crippen LogP contribution >= 0.6 is 0 Å². The van der Waals surface area contributed by atoms with E-state index >= 15 is 0 Å². The third kappa shape index (κ3) is 7.43. The molecular weight excluding hydrogens is 622 g/mol. The molecule has 7 rings (SSSR count). The van der Waals surface area contributed by atoms with Crippen molar-refractivity contribution in [2.75, 3.05) is 33.8 Å². The highest BCUT2D eigenvalue weighted by Gasteiger charge is 2.64. The van der Waals surface area contributed by atoms with Gasteiger partial charge in [0.2, 0.25) is 5.91 Å². The summed E-state index contributed by atoms with van der Waals surface area (Å²) in [5.74, 6) is 0.735. The van der Waals surface area contributed by atoms with E-state index < -0.39 is 12.1 Å². The van der Waals surface area contributed by atoms with Crippen molar-refractivity contribution in [1.82, 2.24) is 20.2 Å². The molecule has 50 heavy (non-hydrogen) atoms. The molecule has 2 bridgehead atoms. The van der Waals surface area contributed by atoms with Crippen molar-refractivity contribution in [3.63, 3.8) is 0 Å². The lowest BCUT2D eigenvalue weighted by molar-refractivity contribution is -0.183. The van der Waals surface area contributed by atoms with E-state index in [-0.39, 0.29) is 35.4 Å². The molecule has 3 aromatic carbocycles. The fourth-order valence-electron chi connectivity index (χ4n) is 9.12. The van der Waals surface area contributed by atoms with Crippen molar-refractivity contribution in [2.45, 2.75) is 90.3 Å². The molecule has 0 spiro atoms. The molecule has 270 valence electrons. The van der Waals surface area contributed by atoms with Gasteiger partial charge < -0.3 is 21.1 Å².